The van der Waals surface area contributed by atoms with Crippen molar-refractivity contribution in [3.05, 3.63) is 29.8 Å². The monoisotopic (exact) mass is 304 g/mol. The van der Waals surface area contributed by atoms with Gasteiger partial charge in [-0.2, -0.15) is 0 Å². The Labute approximate surface area is 116 Å². The normalized spacial score (nSPS) is 10.8. The first-order valence-electron chi connectivity index (χ1n) is 4.79. The zero-order chi connectivity index (χ0) is 13.9. The summed E-state index contributed by atoms with van der Waals surface area (Å²) in [7, 11) is -1.70. The van der Waals surface area contributed by atoms with Crippen LogP contribution in [-0.2, 0) is 9.84 Å². The van der Waals surface area contributed by atoms with E-state index >= 15 is 0 Å². The molecule has 18 heavy (non-hydrogen) atoms. The number of rotatable bonds is 2. The predicted molar refractivity (Wildman–Crippen MR) is 76.4 cm³/mol. The molecular formula is C10H12N2O3S3. The first-order valence-corrected chi connectivity index (χ1v) is 7.54. The van der Waals surface area contributed by atoms with Crippen molar-refractivity contribution in [2.75, 3.05) is 13.3 Å². The maximum atomic E-state index is 11.7. The highest BCUT2D eigenvalue weighted by Gasteiger charge is 2.11. The van der Waals surface area contributed by atoms with Crippen LogP contribution in [0.5, 0.6) is 0 Å². The van der Waals surface area contributed by atoms with Gasteiger partial charge in [0.2, 0.25) is 0 Å². The van der Waals surface area contributed by atoms with Gasteiger partial charge in [-0.25, -0.2) is 8.42 Å². The van der Waals surface area contributed by atoms with Crippen LogP contribution in [0, 0.1) is 0 Å². The van der Waals surface area contributed by atoms with Gasteiger partial charge < -0.3 is 0 Å². The Bertz CT molecular complexity index is 567. The van der Waals surface area contributed by atoms with Gasteiger partial charge in [-0.3, -0.25) is 15.2 Å². The fourth-order valence-electron chi connectivity index (χ4n) is 1.12. The van der Waals surface area contributed by atoms with Crippen LogP contribution in [-0.4, -0.2) is 37.0 Å². The number of benzene rings is 1. The Balaban J connectivity index is 2.86. The van der Waals surface area contributed by atoms with Crippen molar-refractivity contribution in [2.45, 2.75) is 4.90 Å². The molecule has 1 aromatic rings. The second-order valence-electron chi connectivity index (χ2n) is 3.58. The summed E-state index contributed by atoms with van der Waals surface area (Å²) in [5.41, 5.74) is 2.81. The Kier molecular flexibility index (Phi) is 4.71. The highest BCUT2D eigenvalue weighted by Crippen LogP contribution is 2.10. The first kappa shape index (κ1) is 14.9. The molecule has 8 heteroatoms. The highest BCUT2D eigenvalue weighted by atomic mass is 32.2. The Morgan fingerprint density at radius 2 is 1.83 bits per heavy atom. The van der Waals surface area contributed by atoms with E-state index in [1.807, 2.05) is 0 Å². The van der Waals surface area contributed by atoms with Crippen molar-refractivity contribution in [1.82, 2.24) is 10.4 Å². The fraction of sp³-hybridized carbons (Fsp3) is 0.200. The van der Waals surface area contributed by atoms with Gasteiger partial charge in [0.1, 0.15) is 0 Å². The standard InChI is InChI=1S/C10H12N2O3S3/c1-12(10(16)17)11-9(13)7-3-5-8(6-4-7)18(2,14)15/h3-6H,1-2H3,(H,11,13)(H,16,17). The summed E-state index contributed by atoms with van der Waals surface area (Å²) in [6, 6.07) is 5.62. The van der Waals surface area contributed by atoms with Crippen molar-refractivity contribution in [3.63, 3.8) is 0 Å². The molecular weight excluding hydrogens is 292 g/mol. The molecule has 0 aliphatic rings. The number of hydrogen-bond donors (Lipinski definition) is 2. The van der Waals surface area contributed by atoms with E-state index in [9.17, 15) is 13.2 Å². The number of amides is 1. The lowest BCUT2D eigenvalue weighted by Gasteiger charge is -2.17. The molecule has 5 nitrogen and oxygen atoms in total. The van der Waals surface area contributed by atoms with Gasteiger partial charge in [-0.15, -0.1) is 12.6 Å². The van der Waals surface area contributed by atoms with Crippen LogP contribution < -0.4 is 5.43 Å². The van der Waals surface area contributed by atoms with Crippen molar-refractivity contribution in [1.29, 1.82) is 0 Å². The number of nitrogens with zero attached hydrogens (tertiary/aromatic N) is 1. The molecule has 0 fully saturated rings. The summed E-state index contributed by atoms with van der Waals surface area (Å²) in [6.45, 7) is 0. The van der Waals surface area contributed by atoms with Crippen LogP contribution in [0.4, 0.5) is 0 Å². The quantitative estimate of drug-likeness (QED) is 0.482. The second-order valence-corrected chi connectivity index (χ2v) is 6.71. The lowest BCUT2D eigenvalue weighted by molar-refractivity contribution is 0.0890. The van der Waals surface area contributed by atoms with Crippen LogP contribution in [0.2, 0.25) is 0 Å². The van der Waals surface area contributed by atoms with Gasteiger partial charge in [0.15, 0.2) is 14.2 Å². The molecule has 0 aliphatic heterocycles. The van der Waals surface area contributed by atoms with E-state index in [4.69, 9.17) is 12.2 Å². The molecule has 0 heterocycles. The zero-order valence-electron chi connectivity index (χ0n) is 9.75. The van der Waals surface area contributed by atoms with Crippen molar-refractivity contribution in [3.8, 4) is 0 Å². The Morgan fingerprint density at radius 1 is 1.33 bits per heavy atom. The topological polar surface area (TPSA) is 66.5 Å². The van der Waals surface area contributed by atoms with Crippen LogP contribution in [0.3, 0.4) is 0 Å². The average Bonchev–Trinajstić information content (AvgIpc) is 2.27. The maximum Gasteiger partial charge on any atom is 0.269 e. The molecule has 1 rings (SSSR count). The summed E-state index contributed by atoms with van der Waals surface area (Å²) in [5.74, 6) is -0.394. The SMILES string of the molecule is CN(NC(=O)c1ccc(S(C)(=O)=O)cc1)C(=S)S. The minimum absolute atomic E-state index is 0.164. The molecule has 0 saturated heterocycles. The van der Waals surface area contributed by atoms with E-state index in [0.717, 1.165) is 6.26 Å². The van der Waals surface area contributed by atoms with Gasteiger partial charge in [-0.05, 0) is 24.3 Å². The molecule has 1 amide bonds. The molecule has 1 aromatic carbocycles. The third kappa shape index (κ3) is 3.97. The minimum atomic E-state index is -3.26. The van der Waals surface area contributed by atoms with Gasteiger partial charge >= 0.3 is 0 Å². The van der Waals surface area contributed by atoms with Gasteiger partial charge in [0.25, 0.3) is 5.91 Å². The van der Waals surface area contributed by atoms with Crippen LogP contribution in [0.25, 0.3) is 0 Å². The molecule has 0 saturated carbocycles. The van der Waals surface area contributed by atoms with E-state index < -0.39 is 15.7 Å². The third-order valence-electron chi connectivity index (χ3n) is 2.10. The third-order valence-corrected chi connectivity index (χ3v) is 3.80. The number of nitrogens with one attached hydrogen (secondary N) is 1. The van der Waals surface area contributed by atoms with E-state index in [1.165, 1.54) is 29.3 Å². The minimum Gasteiger partial charge on any atom is -0.272 e. The van der Waals surface area contributed by atoms with E-state index in [-0.39, 0.29) is 9.22 Å². The van der Waals surface area contributed by atoms with Crippen LogP contribution in [0.15, 0.2) is 29.2 Å². The van der Waals surface area contributed by atoms with Crippen LogP contribution in [0.1, 0.15) is 10.4 Å². The molecule has 0 bridgehead atoms. The number of carbonyl (C=O) groups excluding carboxylic acids is 1. The number of hydrogen-bond acceptors (Lipinski definition) is 4. The summed E-state index contributed by atoms with van der Waals surface area (Å²) >= 11 is 8.65. The molecule has 0 aliphatic carbocycles. The van der Waals surface area contributed by atoms with Gasteiger partial charge in [0.05, 0.1) is 4.90 Å². The molecule has 0 unspecified atom stereocenters. The molecule has 0 radical (unpaired) electrons. The highest BCUT2D eigenvalue weighted by molar-refractivity contribution is 8.10. The number of carbonyl (C=O) groups is 1. The summed E-state index contributed by atoms with van der Waals surface area (Å²) in [5, 5.41) is 1.28. The Morgan fingerprint density at radius 3 is 2.22 bits per heavy atom. The smallest absolute Gasteiger partial charge is 0.269 e. The average molecular weight is 304 g/mol. The van der Waals surface area contributed by atoms with Crippen molar-refractivity contribution < 1.29 is 13.2 Å². The van der Waals surface area contributed by atoms with Crippen molar-refractivity contribution >= 4 is 44.9 Å². The van der Waals surface area contributed by atoms with E-state index in [1.54, 1.807) is 7.05 Å². The van der Waals surface area contributed by atoms with Gasteiger partial charge in [0, 0.05) is 18.9 Å². The molecule has 1 N–H and O–H groups in total. The number of thiol groups is 1. The summed E-state index contributed by atoms with van der Waals surface area (Å²) in [6.07, 6.45) is 1.11. The molecule has 0 aromatic heterocycles. The summed E-state index contributed by atoms with van der Waals surface area (Å²) < 4.78 is 22.7. The lowest BCUT2D eigenvalue weighted by atomic mass is 10.2. The van der Waals surface area contributed by atoms with E-state index in [0.29, 0.717) is 5.56 Å². The first-order chi connectivity index (χ1) is 8.21. The fourth-order valence-corrected chi connectivity index (χ4v) is 1.84. The lowest BCUT2D eigenvalue weighted by Crippen LogP contribution is -2.40. The second kappa shape index (κ2) is 5.68. The zero-order valence-corrected chi connectivity index (χ0v) is 12.3. The predicted octanol–water partition coefficient (Wildman–Crippen LogP) is 0.881. The molecule has 98 valence electrons. The maximum absolute atomic E-state index is 11.7. The number of hydrazine groups is 1. The molecule has 0 atom stereocenters. The Hall–Kier alpha value is -1.12. The van der Waals surface area contributed by atoms with E-state index in [2.05, 4.69) is 18.1 Å². The van der Waals surface area contributed by atoms with Crippen LogP contribution >= 0.6 is 24.8 Å². The number of sulfone groups is 1. The number of thiocarbonyl (C=S) groups is 1. The molecule has 0 spiro atoms. The summed E-state index contributed by atoms with van der Waals surface area (Å²) in [4.78, 5) is 11.9. The van der Waals surface area contributed by atoms with Gasteiger partial charge in [-0.1, -0.05) is 12.2 Å². The largest absolute Gasteiger partial charge is 0.272 e. The van der Waals surface area contributed by atoms with Crippen molar-refractivity contribution in [2.24, 2.45) is 0 Å².